The van der Waals surface area contributed by atoms with Gasteiger partial charge < -0.3 is 10.1 Å². The van der Waals surface area contributed by atoms with Crippen molar-refractivity contribution in [2.75, 3.05) is 6.61 Å². The first kappa shape index (κ1) is 27.7. The maximum atomic E-state index is 11.8. The van der Waals surface area contributed by atoms with E-state index in [1.807, 2.05) is 0 Å². The molecule has 1 rings (SSSR count). The Morgan fingerprint density at radius 2 is 1.29 bits per heavy atom. The molecule has 1 aliphatic heterocycles. The lowest BCUT2D eigenvalue weighted by Gasteiger charge is -2.09. The lowest BCUT2D eigenvalue weighted by molar-refractivity contribution is -0.146. The molecule has 0 aliphatic carbocycles. The Morgan fingerprint density at radius 1 is 0.806 bits per heavy atom. The number of nitrogens with one attached hydrogen (secondary N) is 1. The molecule has 0 aromatic carbocycles. The normalized spacial score (nSPS) is 16.2. The molecule has 0 spiro atoms. The van der Waals surface area contributed by atoms with Crippen molar-refractivity contribution in [3.05, 3.63) is 12.2 Å². The highest BCUT2D eigenvalue weighted by Gasteiger charge is 2.28. The molecule has 1 atom stereocenters. The van der Waals surface area contributed by atoms with Crippen LogP contribution in [0, 0.1) is 0 Å². The number of allylic oxidation sites excluding steroid dienone is 2. The summed E-state index contributed by atoms with van der Waals surface area (Å²) in [6, 6.07) is -0.407. The van der Waals surface area contributed by atoms with Crippen molar-refractivity contribution in [3.8, 4) is 0 Å². The smallest absolute Gasteiger partial charge is 0.328 e. The van der Waals surface area contributed by atoms with E-state index in [0.717, 1.165) is 12.8 Å². The Bertz CT molecular complexity index is 475. The Balaban J connectivity index is 1.70. The molecule has 0 bridgehead atoms. The van der Waals surface area contributed by atoms with E-state index >= 15 is 0 Å². The summed E-state index contributed by atoms with van der Waals surface area (Å²) in [5, 5.41) is 2.65. The number of esters is 1. The second-order valence-electron chi connectivity index (χ2n) is 9.18. The zero-order valence-electron chi connectivity index (χ0n) is 20.3. The van der Waals surface area contributed by atoms with Crippen LogP contribution in [-0.4, -0.2) is 24.5 Å². The Labute approximate surface area is 192 Å². The molecule has 4 nitrogen and oxygen atoms in total. The average molecular weight is 436 g/mol. The van der Waals surface area contributed by atoms with Gasteiger partial charge in [0.05, 0.1) is 6.61 Å². The molecule has 180 valence electrons. The van der Waals surface area contributed by atoms with Gasteiger partial charge >= 0.3 is 5.97 Å². The molecule has 0 aromatic heterocycles. The molecule has 1 heterocycles. The monoisotopic (exact) mass is 435 g/mol. The zero-order chi connectivity index (χ0) is 22.4. The van der Waals surface area contributed by atoms with Gasteiger partial charge in [-0.25, -0.2) is 4.79 Å². The standard InChI is InChI=1S/C27H49NO3/c1-2-3-4-5-6-7-8-9-10-11-12-13-14-15-16-17-18-19-20-21-24-31-27(30)25-22-23-26(29)28-25/h4-5,25H,2-3,6-24H2,1H3,(H,28,29)/b5-4+/t25-/m0/s1. The first-order valence-electron chi connectivity index (χ1n) is 13.3. The summed E-state index contributed by atoms with van der Waals surface area (Å²) < 4.78 is 5.25. The molecule has 0 saturated carbocycles. The van der Waals surface area contributed by atoms with Crippen LogP contribution in [0.25, 0.3) is 0 Å². The van der Waals surface area contributed by atoms with E-state index < -0.39 is 6.04 Å². The fraction of sp³-hybridized carbons (Fsp3) is 0.852. The van der Waals surface area contributed by atoms with E-state index in [1.54, 1.807) is 0 Å². The van der Waals surface area contributed by atoms with Gasteiger partial charge in [-0.05, 0) is 32.1 Å². The summed E-state index contributed by atoms with van der Waals surface area (Å²) in [6.45, 7) is 2.72. The lowest BCUT2D eigenvalue weighted by atomic mass is 10.0. The van der Waals surface area contributed by atoms with Gasteiger partial charge in [0.1, 0.15) is 6.04 Å². The molecule has 1 N–H and O–H groups in total. The van der Waals surface area contributed by atoms with E-state index in [-0.39, 0.29) is 11.9 Å². The Morgan fingerprint density at radius 3 is 1.77 bits per heavy atom. The number of rotatable bonds is 21. The second kappa shape index (κ2) is 20.6. The molecule has 1 aliphatic rings. The quantitative estimate of drug-likeness (QED) is 0.116. The highest BCUT2D eigenvalue weighted by Crippen LogP contribution is 2.14. The zero-order valence-corrected chi connectivity index (χ0v) is 20.3. The van der Waals surface area contributed by atoms with E-state index in [1.165, 1.54) is 103 Å². The SMILES string of the molecule is CCC/C=C/CCCCCCCCCCCCCCCCCOC(=O)[C@@H]1CCC(=O)N1. The van der Waals surface area contributed by atoms with Crippen LogP contribution in [0.15, 0.2) is 12.2 Å². The summed E-state index contributed by atoms with van der Waals surface area (Å²) in [6.07, 6.45) is 29.4. The van der Waals surface area contributed by atoms with E-state index in [2.05, 4.69) is 24.4 Å². The van der Waals surface area contributed by atoms with Gasteiger partial charge in [0.25, 0.3) is 0 Å². The molecule has 0 radical (unpaired) electrons. The number of amides is 1. The molecule has 0 aromatic rings. The maximum Gasteiger partial charge on any atom is 0.328 e. The van der Waals surface area contributed by atoms with Crippen molar-refractivity contribution in [1.82, 2.24) is 5.32 Å². The average Bonchev–Trinajstić information content (AvgIpc) is 3.21. The summed E-state index contributed by atoms with van der Waals surface area (Å²) in [7, 11) is 0. The van der Waals surface area contributed by atoms with Crippen LogP contribution in [0.4, 0.5) is 0 Å². The summed E-state index contributed by atoms with van der Waals surface area (Å²) in [5.41, 5.74) is 0. The van der Waals surface area contributed by atoms with Crippen molar-refractivity contribution < 1.29 is 14.3 Å². The van der Waals surface area contributed by atoms with Gasteiger partial charge in [0, 0.05) is 6.42 Å². The molecular formula is C27H49NO3. The van der Waals surface area contributed by atoms with Crippen LogP contribution in [-0.2, 0) is 14.3 Å². The maximum absolute atomic E-state index is 11.8. The van der Waals surface area contributed by atoms with Gasteiger partial charge in [-0.3, -0.25) is 4.79 Å². The lowest BCUT2D eigenvalue weighted by Crippen LogP contribution is -2.34. The third kappa shape index (κ3) is 17.0. The first-order valence-corrected chi connectivity index (χ1v) is 13.3. The van der Waals surface area contributed by atoms with Gasteiger partial charge in [0.15, 0.2) is 0 Å². The minimum atomic E-state index is -0.407. The fourth-order valence-electron chi connectivity index (χ4n) is 4.13. The topological polar surface area (TPSA) is 55.4 Å². The van der Waals surface area contributed by atoms with Crippen molar-refractivity contribution >= 4 is 11.9 Å². The minimum absolute atomic E-state index is 0.0428. The first-order chi connectivity index (χ1) is 15.2. The van der Waals surface area contributed by atoms with Crippen LogP contribution in [0.5, 0.6) is 0 Å². The van der Waals surface area contributed by atoms with Crippen LogP contribution >= 0.6 is 0 Å². The number of hydrogen-bond donors (Lipinski definition) is 1. The highest BCUT2D eigenvalue weighted by molar-refractivity contribution is 5.87. The second-order valence-corrected chi connectivity index (χ2v) is 9.18. The summed E-state index contributed by atoms with van der Waals surface area (Å²) >= 11 is 0. The van der Waals surface area contributed by atoms with Crippen LogP contribution < -0.4 is 5.32 Å². The summed E-state index contributed by atoms with van der Waals surface area (Å²) in [4.78, 5) is 22.9. The van der Waals surface area contributed by atoms with E-state index in [0.29, 0.717) is 19.4 Å². The minimum Gasteiger partial charge on any atom is -0.464 e. The van der Waals surface area contributed by atoms with E-state index in [9.17, 15) is 9.59 Å². The third-order valence-corrected chi connectivity index (χ3v) is 6.16. The fourth-order valence-corrected chi connectivity index (χ4v) is 4.13. The third-order valence-electron chi connectivity index (χ3n) is 6.16. The number of carbonyl (C=O) groups is 2. The number of ether oxygens (including phenoxy) is 1. The highest BCUT2D eigenvalue weighted by atomic mass is 16.5. The molecule has 0 unspecified atom stereocenters. The van der Waals surface area contributed by atoms with Gasteiger partial charge in [0.2, 0.25) is 5.91 Å². The number of hydrogen-bond acceptors (Lipinski definition) is 3. The predicted octanol–water partition coefficient (Wildman–Crippen LogP) is 7.41. The predicted molar refractivity (Wildman–Crippen MR) is 130 cm³/mol. The molecule has 1 amide bonds. The Hall–Kier alpha value is -1.32. The van der Waals surface area contributed by atoms with E-state index in [4.69, 9.17) is 4.74 Å². The molecule has 31 heavy (non-hydrogen) atoms. The molecule has 4 heteroatoms. The van der Waals surface area contributed by atoms with Crippen molar-refractivity contribution in [1.29, 1.82) is 0 Å². The van der Waals surface area contributed by atoms with Crippen LogP contribution in [0.3, 0.4) is 0 Å². The Kier molecular flexibility index (Phi) is 18.4. The van der Waals surface area contributed by atoms with Crippen molar-refractivity contribution in [2.45, 2.75) is 141 Å². The largest absolute Gasteiger partial charge is 0.464 e. The van der Waals surface area contributed by atoms with Gasteiger partial charge in [-0.1, -0.05) is 109 Å². The molecular weight excluding hydrogens is 386 g/mol. The molecule has 1 saturated heterocycles. The molecule has 1 fully saturated rings. The van der Waals surface area contributed by atoms with Crippen LogP contribution in [0.2, 0.25) is 0 Å². The van der Waals surface area contributed by atoms with Crippen molar-refractivity contribution in [3.63, 3.8) is 0 Å². The van der Waals surface area contributed by atoms with Crippen LogP contribution in [0.1, 0.15) is 135 Å². The van der Waals surface area contributed by atoms with Gasteiger partial charge in [-0.2, -0.15) is 0 Å². The van der Waals surface area contributed by atoms with Gasteiger partial charge in [-0.15, -0.1) is 0 Å². The number of carbonyl (C=O) groups excluding carboxylic acids is 2. The number of unbranched alkanes of at least 4 members (excludes halogenated alkanes) is 16. The summed E-state index contributed by atoms with van der Waals surface area (Å²) in [5.74, 6) is -0.306. The van der Waals surface area contributed by atoms with Crippen molar-refractivity contribution in [2.24, 2.45) is 0 Å².